The maximum atomic E-state index is 13.1. The number of halogens is 1. The highest BCUT2D eigenvalue weighted by molar-refractivity contribution is 7.71. The van der Waals surface area contributed by atoms with Gasteiger partial charge in [-0.1, -0.05) is 30.7 Å². The molecule has 1 amide bonds. The van der Waals surface area contributed by atoms with Gasteiger partial charge in [0, 0.05) is 25.6 Å². The van der Waals surface area contributed by atoms with Gasteiger partial charge >= 0.3 is 0 Å². The van der Waals surface area contributed by atoms with Gasteiger partial charge in [0.15, 0.2) is 4.77 Å². The van der Waals surface area contributed by atoms with Gasteiger partial charge in [-0.15, -0.1) is 0 Å². The van der Waals surface area contributed by atoms with Crippen LogP contribution in [0.1, 0.15) is 44.1 Å². The average Bonchev–Trinajstić information content (AvgIpc) is 3.60. The minimum absolute atomic E-state index is 0.0744. The lowest BCUT2D eigenvalue weighted by Gasteiger charge is -2.22. The number of carbonyl (C=O) groups excluding carboxylic acids is 1. The number of fused-ring (bicyclic) bond motifs is 1. The molecule has 3 aromatic rings. The van der Waals surface area contributed by atoms with Crippen LogP contribution < -0.4 is 5.56 Å². The van der Waals surface area contributed by atoms with Gasteiger partial charge in [0.2, 0.25) is 5.91 Å². The molecule has 31 heavy (non-hydrogen) atoms. The van der Waals surface area contributed by atoms with E-state index in [-0.39, 0.29) is 17.3 Å². The molecule has 0 unspecified atom stereocenters. The molecule has 1 N–H and O–H groups in total. The molecule has 7 heteroatoms. The summed E-state index contributed by atoms with van der Waals surface area (Å²) in [5, 5.41) is 0.632. The molecule has 0 aliphatic heterocycles. The Bertz CT molecular complexity index is 1180. The van der Waals surface area contributed by atoms with Crippen LogP contribution in [0.25, 0.3) is 10.9 Å². The Morgan fingerprint density at radius 1 is 1.10 bits per heavy atom. The maximum absolute atomic E-state index is 13.1. The number of unbranched alkanes of at least 4 members (excludes halogenated alkanes) is 2. The van der Waals surface area contributed by atoms with Crippen molar-refractivity contribution in [2.45, 2.75) is 57.7 Å². The zero-order valence-corrected chi connectivity index (χ0v) is 18.2. The summed E-state index contributed by atoms with van der Waals surface area (Å²) in [6.07, 6.45) is 4.95. The zero-order chi connectivity index (χ0) is 21.8. The number of aromatic amines is 1. The van der Waals surface area contributed by atoms with Crippen LogP contribution in [-0.2, 0) is 17.9 Å². The van der Waals surface area contributed by atoms with Crippen LogP contribution in [0.15, 0.2) is 53.3 Å². The predicted molar refractivity (Wildman–Crippen MR) is 122 cm³/mol. The molecule has 0 saturated heterocycles. The van der Waals surface area contributed by atoms with E-state index >= 15 is 0 Å². The van der Waals surface area contributed by atoms with Crippen molar-refractivity contribution < 1.29 is 9.18 Å². The first-order chi connectivity index (χ1) is 15.0. The van der Waals surface area contributed by atoms with E-state index in [1.165, 1.54) is 12.1 Å². The fraction of sp³-hybridized carbons (Fsp3) is 0.375. The fourth-order valence-electron chi connectivity index (χ4n) is 3.86. The summed E-state index contributed by atoms with van der Waals surface area (Å²) >= 11 is 5.35. The largest absolute Gasteiger partial charge is 0.335 e. The minimum atomic E-state index is -0.265. The van der Waals surface area contributed by atoms with Gasteiger partial charge in [-0.25, -0.2) is 4.39 Å². The standard InChI is InChI=1S/C24H26FN3O2S/c25-18-11-9-17(10-12-18)16-28(19-13-14-19)22(29)8-2-1-5-15-27-23(30)20-6-3-4-7-21(20)26-24(27)31/h3-4,6-7,9-12,19H,1-2,5,8,13-16H2,(H,26,31). The Labute approximate surface area is 185 Å². The van der Waals surface area contributed by atoms with E-state index in [1.54, 1.807) is 22.8 Å². The summed E-state index contributed by atoms with van der Waals surface area (Å²) in [6, 6.07) is 14.0. The molecule has 0 spiro atoms. The third kappa shape index (κ3) is 5.28. The van der Waals surface area contributed by atoms with E-state index in [0.717, 1.165) is 43.2 Å². The van der Waals surface area contributed by atoms with E-state index in [1.807, 2.05) is 23.1 Å². The third-order valence-corrected chi connectivity index (χ3v) is 6.06. The Morgan fingerprint density at radius 2 is 1.84 bits per heavy atom. The second kappa shape index (κ2) is 9.56. The van der Waals surface area contributed by atoms with E-state index in [9.17, 15) is 14.0 Å². The highest BCUT2D eigenvalue weighted by Crippen LogP contribution is 2.29. The quantitative estimate of drug-likeness (QED) is 0.379. The average molecular weight is 440 g/mol. The molecule has 4 rings (SSSR count). The summed E-state index contributed by atoms with van der Waals surface area (Å²) in [6.45, 7) is 1.07. The number of hydrogen-bond donors (Lipinski definition) is 1. The van der Waals surface area contributed by atoms with E-state index in [4.69, 9.17) is 12.2 Å². The van der Waals surface area contributed by atoms with Gasteiger partial charge in [0.1, 0.15) is 5.82 Å². The number of rotatable bonds is 9. The van der Waals surface area contributed by atoms with Crippen molar-refractivity contribution in [1.29, 1.82) is 0 Å². The van der Waals surface area contributed by atoms with Crippen molar-refractivity contribution in [1.82, 2.24) is 14.5 Å². The van der Waals surface area contributed by atoms with Crippen molar-refractivity contribution in [2.75, 3.05) is 0 Å². The summed E-state index contributed by atoms with van der Waals surface area (Å²) in [4.78, 5) is 30.5. The molecule has 1 fully saturated rings. The van der Waals surface area contributed by atoms with Crippen molar-refractivity contribution >= 4 is 29.0 Å². The van der Waals surface area contributed by atoms with E-state index in [0.29, 0.717) is 35.7 Å². The van der Waals surface area contributed by atoms with Gasteiger partial charge in [-0.2, -0.15) is 0 Å². The number of amides is 1. The molecular formula is C24H26FN3O2S. The van der Waals surface area contributed by atoms with Crippen LogP contribution in [0.4, 0.5) is 4.39 Å². The SMILES string of the molecule is O=C(CCCCCn1c(=S)[nH]c2ccccc2c1=O)N(Cc1ccc(F)cc1)C1CC1. The molecule has 1 aliphatic carbocycles. The normalized spacial score (nSPS) is 13.5. The molecule has 0 atom stereocenters. The van der Waals surface area contributed by atoms with Crippen molar-refractivity contribution in [3.63, 3.8) is 0 Å². The van der Waals surface area contributed by atoms with Crippen LogP contribution in [0.2, 0.25) is 0 Å². The Balaban J connectivity index is 1.29. The second-order valence-electron chi connectivity index (χ2n) is 8.12. The summed E-state index contributed by atoms with van der Waals surface area (Å²) in [5.41, 5.74) is 1.63. The maximum Gasteiger partial charge on any atom is 0.262 e. The molecule has 1 aliphatic rings. The van der Waals surface area contributed by atoms with Crippen molar-refractivity contribution in [3.05, 3.63) is 75.0 Å². The first kappa shape index (κ1) is 21.4. The first-order valence-electron chi connectivity index (χ1n) is 10.8. The van der Waals surface area contributed by atoms with Crippen LogP contribution in [0.5, 0.6) is 0 Å². The topological polar surface area (TPSA) is 58.1 Å². The molecule has 1 aromatic heterocycles. The molecule has 1 heterocycles. The number of para-hydroxylation sites is 1. The third-order valence-electron chi connectivity index (χ3n) is 5.74. The smallest absolute Gasteiger partial charge is 0.262 e. The van der Waals surface area contributed by atoms with E-state index in [2.05, 4.69) is 4.98 Å². The predicted octanol–water partition coefficient (Wildman–Crippen LogP) is 4.95. The highest BCUT2D eigenvalue weighted by atomic mass is 32.1. The van der Waals surface area contributed by atoms with Crippen LogP contribution in [-0.4, -0.2) is 26.4 Å². The summed E-state index contributed by atoms with van der Waals surface area (Å²) < 4.78 is 15.2. The number of hydrogen-bond acceptors (Lipinski definition) is 3. The second-order valence-corrected chi connectivity index (χ2v) is 8.51. The van der Waals surface area contributed by atoms with Crippen molar-refractivity contribution in [2.24, 2.45) is 0 Å². The Hall–Kier alpha value is -2.80. The first-order valence-corrected chi connectivity index (χ1v) is 11.2. The molecule has 0 radical (unpaired) electrons. The number of H-pyrrole nitrogens is 1. The van der Waals surface area contributed by atoms with Gasteiger partial charge in [-0.3, -0.25) is 14.2 Å². The molecule has 162 valence electrons. The number of nitrogens with one attached hydrogen (secondary N) is 1. The minimum Gasteiger partial charge on any atom is -0.335 e. The van der Waals surface area contributed by atoms with Crippen LogP contribution in [0.3, 0.4) is 0 Å². The fourth-order valence-corrected chi connectivity index (χ4v) is 4.15. The van der Waals surface area contributed by atoms with Gasteiger partial charge < -0.3 is 9.88 Å². The molecule has 5 nitrogen and oxygen atoms in total. The Kier molecular flexibility index (Phi) is 6.61. The number of benzene rings is 2. The summed E-state index contributed by atoms with van der Waals surface area (Å²) in [5.74, 6) is -0.120. The number of aromatic nitrogens is 2. The number of nitrogens with zero attached hydrogens (tertiary/aromatic N) is 2. The lowest BCUT2D eigenvalue weighted by molar-refractivity contribution is -0.132. The zero-order valence-electron chi connectivity index (χ0n) is 17.4. The van der Waals surface area contributed by atoms with Gasteiger partial charge in [0.05, 0.1) is 10.9 Å². The summed E-state index contributed by atoms with van der Waals surface area (Å²) in [7, 11) is 0. The lowest BCUT2D eigenvalue weighted by Crippen LogP contribution is -2.32. The molecule has 2 aromatic carbocycles. The van der Waals surface area contributed by atoms with Gasteiger partial charge in [0.25, 0.3) is 5.56 Å². The lowest BCUT2D eigenvalue weighted by atomic mass is 10.1. The number of carbonyl (C=O) groups is 1. The Morgan fingerprint density at radius 3 is 2.58 bits per heavy atom. The molecule has 1 saturated carbocycles. The van der Waals surface area contributed by atoms with E-state index < -0.39 is 0 Å². The van der Waals surface area contributed by atoms with Crippen molar-refractivity contribution in [3.8, 4) is 0 Å². The monoisotopic (exact) mass is 439 g/mol. The van der Waals surface area contributed by atoms with Crippen LogP contribution >= 0.6 is 12.2 Å². The highest BCUT2D eigenvalue weighted by Gasteiger charge is 2.32. The molecule has 0 bridgehead atoms. The van der Waals surface area contributed by atoms with Gasteiger partial charge in [-0.05, 0) is 67.7 Å². The van der Waals surface area contributed by atoms with Crippen LogP contribution in [0, 0.1) is 10.6 Å². The molecular weight excluding hydrogens is 413 g/mol.